The van der Waals surface area contributed by atoms with Crippen LogP contribution in [0.4, 0.5) is 0 Å². The van der Waals surface area contributed by atoms with Gasteiger partial charge in [0, 0.05) is 17.8 Å². The number of primary amides is 1. The number of H-pyrrole nitrogens is 1. The summed E-state index contributed by atoms with van der Waals surface area (Å²) in [5.74, 6) is -0.344. The normalized spacial score (nSPS) is 12.8. The first-order valence-corrected chi connectivity index (χ1v) is 4.55. The van der Waals surface area contributed by atoms with Gasteiger partial charge in [-0.2, -0.15) is 5.10 Å². The Morgan fingerprint density at radius 2 is 2.29 bits per heavy atom. The first-order valence-electron chi connectivity index (χ1n) is 4.55. The number of aryl methyl sites for hydroxylation is 2. The van der Waals surface area contributed by atoms with Crippen LogP contribution in [0.15, 0.2) is 0 Å². The second-order valence-electron chi connectivity index (χ2n) is 3.42. The Bertz CT molecular complexity index is 312. The van der Waals surface area contributed by atoms with E-state index in [0.717, 1.165) is 17.0 Å². The van der Waals surface area contributed by atoms with Gasteiger partial charge < -0.3 is 11.1 Å². The Hall–Kier alpha value is -1.36. The molecule has 0 fully saturated rings. The average molecular weight is 196 g/mol. The number of amides is 1. The largest absolute Gasteiger partial charge is 0.368 e. The molecule has 1 amide bonds. The van der Waals surface area contributed by atoms with Crippen LogP contribution in [0, 0.1) is 13.8 Å². The zero-order valence-electron chi connectivity index (χ0n) is 8.72. The maximum Gasteiger partial charge on any atom is 0.234 e. The predicted octanol–water partition coefficient (Wildman–Crippen LogP) is -0.0101. The van der Waals surface area contributed by atoms with Gasteiger partial charge in [0.05, 0.1) is 11.7 Å². The smallest absolute Gasteiger partial charge is 0.234 e. The lowest BCUT2D eigenvalue weighted by Crippen LogP contribution is -2.38. The minimum absolute atomic E-state index is 0.316. The molecule has 0 saturated carbocycles. The molecule has 0 aliphatic carbocycles. The van der Waals surface area contributed by atoms with E-state index in [9.17, 15) is 4.79 Å². The van der Waals surface area contributed by atoms with Crippen LogP contribution in [0.5, 0.6) is 0 Å². The number of nitrogens with two attached hydrogens (primary N) is 1. The van der Waals surface area contributed by atoms with E-state index in [1.807, 2.05) is 13.8 Å². The second-order valence-corrected chi connectivity index (χ2v) is 3.42. The fraction of sp³-hybridized carbons (Fsp3) is 0.556. The highest BCUT2D eigenvalue weighted by Crippen LogP contribution is 2.08. The molecule has 1 heterocycles. The van der Waals surface area contributed by atoms with Crippen molar-refractivity contribution in [1.82, 2.24) is 15.5 Å². The first-order chi connectivity index (χ1) is 6.52. The van der Waals surface area contributed by atoms with Gasteiger partial charge in [0.2, 0.25) is 5.91 Å². The number of nitrogens with one attached hydrogen (secondary N) is 2. The van der Waals surface area contributed by atoms with E-state index in [1.165, 1.54) is 0 Å². The van der Waals surface area contributed by atoms with Crippen molar-refractivity contribution in [3.05, 3.63) is 17.0 Å². The highest BCUT2D eigenvalue weighted by Gasteiger charge is 2.10. The monoisotopic (exact) mass is 196 g/mol. The molecule has 14 heavy (non-hydrogen) atoms. The van der Waals surface area contributed by atoms with Gasteiger partial charge in [-0.15, -0.1) is 0 Å². The number of carbonyl (C=O) groups excluding carboxylic acids is 1. The third-order valence-corrected chi connectivity index (χ3v) is 2.29. The van der Waals surface area contributed by atoms with Crippen LogP contribution in [-0.2, 0) is 11.3 Å². The molecular formula is C9H16N4O. The SMILES string of the molecule is Cc1n[nH]c(C)c1CNC(C)C(N)=O. The standard InChI is InChI=1S/C9H16N4O/c1-5-8(6(2)13-12-5)4-11-7(3)9(10)14/h7,11H,4H2,1-3H3,(H2,10,14)(H,12,13). The minimum atomic E-state index is -0.344. The summed E-state index contributed by atoms with van der Waals surface area (Å²) in [7, 11) is 0. The first kappa shape index (κ1) is 10.7. The van der Waals surface area contributed by atoms with Crippen molar-refractivity contribution >= 4 is 5.91 Å². The molecule has 1 rings (SSSR count). The summed E-state index contributed by atoms with van der Waals surface area (Å²) in [6.45, 7) is 6.23. The number of carbonyl (C=O) groups is 1. The summed E-state index contributed by atoms with van der Waals surface area (Å²) in [5, 5.41) is 9.97. The van der Waals surface area contributed by atoms with Crippen molar-refractivity contribution in [2.45, 2.75) is 33.4 Å². The number of hydrogen-bond acceptors (Lipinski definition) is 3. The Labute approximate surface area is 83.1 Å². The highest BCUT2D eigenvalue weighted by molar-refractivity contribution is 5.79. The summed E-state index contributed by atoms with van der Waals surface area (Å²) in [6, 6.07) is -0.316. The van der Waals surface area contributed by atoms with Gasteiger partial charge in [-0.05, 0) is 20.8 Å². The van der Waals surface area contributed by atoms with E-state index in [-0.39, 0.29) is 11.9 Å². The average Bonchev–Trinajstić information content (AvgIpc) is 2.43. The van der Waals surface area contributed by atoms with Gasteiger partial charge in [0.25, 0.3) is 0 Å². The molecule has 1 atom stereocenters. The van der Waals surface area contributed by atoms with Crippen LogP contribution in [-0.4, -0.2) is 22.1 Å². The molecular weight excluding hydrogens is 180 g/mol. The van der Waals surface area contributed by atoms with Crippen LogP contribution < -0.4 is 11.1 Å². The van der Waals surface area contributed by atoms with E-state index in [4.69, 9.17) is 5.73 Å². The zero-order chi connectivity index (χ0) is 10.7. The maximum absolute atomic E-state index is 10.8. The van der Waals surface area contributed by atoms with Crippen molar-refractivity contribution in [3.63, 3.8) is 0 Å². The van der Waals surface area contributed by atoms with Gasteiger partial charge in [-0.3, -0.25) is 9.89 Å². The third-order valence-electron chi connectivity index (χ3n) is 2.29. The number of aromatic amines is 1. The van der Waals surface area contributed by atoms with Crippen LogP contribution in [0.25, 0.3) is 0 Å². The molecule has 0 bridgehead atoms. The lowest BCUT2D eigenvalue weighted by atomic mass is 10.2. The molecule has 5 nitrogen and oxygen atoms in total. The Kier molecular flexibility index (Phi) is 3.24. The highest BCUT2D eigenvalue weighted by atomic mass is 16.1. The molecule has 0 aromatic carbocycles. The molecule has 5 heteroatoms. The van der Waals surface area contributed by atoms with E-state index >= 15 is 0 Å². The van der Waals surface area contributed by atoms with E-state index in [2.05, 4.69) is 15.5 Å². The molecule has 1 unspecified atom stereocenters. The number of nitrogens with zero attached hydrogens (tertiary/aromatic N) is 1. The molecule has 0 aliphatic heterocycles. The quantitative estimate of drug-likeness (QED) is 0.633. The number of hydrogen-bond donors (Lipinski definition) is 3. The fourth-order valence-corrected chi connectivity index (χ4v) is 1.19. The molecule has 1 aromatic rings. The van der Waals surface area contributed by atoms with Crippen molar-refractivity contribution in [3.8, 4) is 0 Å². The second kappa shape index (κ2) is 4.23. The molecule has 0 radical (unpaired) electrons. The number of aromatic nitrogens is 2. The Morgan fingerprint density at radius 1 is 1.64 bits per heavy atom. The molecule has 4 N–H and O–H groups in total. The predicted molar refractivity (Wildman–Crippen MR) is 53.6 cm³/mol. The molecule has 78 valence electrons. The lowest BCUT2D eigenvalue weighted by Gasteiger charge is -2.09. The van der Waals surface area contributed by atoms with Crippen molar-refractivity contribution < 1.29 is 4.79 Å². The molecule has 0 saturated heterocycles. The van der Waals surface area contributed by atoms with Gasteiger partial charge >= 0.3 is 0 Å². The minimum Gasteiger partial charge on any atom is -0.368 e. The lowest BCUT2D eigenvalue weighted by molar-refractivity contribution is -0.119. The number of rotatable bonds is 4. The van der Waals surface area contributed by atoms with Crippen LogP contribution in [0.2, 0.25) is 0 Å². The van der Waals surface area contributed by atoms with Crippen LogP contribution >= 0.6 is 0 Å². The van der Waals surface area contributed by atoms with Gasteiger partial charge in [-0.25, -0.2) is 0 Å². The summed E-state index contributed by atoms with van der Waals surface area (Å²) >= 11 is 0. The Balaban J connectivity index is 2.57. The van der Waals surface area contributed by atoms with E-state index in [1.54, 1.807) is 6.92 Å². The van der Waals surface area contributed by atoms with Crippen molar-refractivity contribution in [2.75, 3.05) is 0 Å². The van der Waals surface area contributed by atoms with Crippen molar-refractivity contribution in [1.29, 1.82) is 0 Å². The Morgan fingerprint density at radius 3 is 2.71 bits per heavy atom. The van der Waals surface area contributed by atoms with Crippen molar-refractivity contribution in [2.24, 2.45) is 5.73 Å². The fourth-order valence-electron chi connectivity index (χ4n) is 1.19. The molecule has 1 aromatic heterocycles. The summed E-state index contributed by atoms with van der Waals surface area (Å²) in [6.07, 6.45) is 0. The van der Waals surface area contributed by atoms with Crippen LogP contribution in [0.1, 0.15) is 23.9 Å². The summed E-state index contributed by atoms with van der Waals surface area (Å²) in [5.41, 5.74) is 8.19. The third kappa shape index (κ3) is 2.32. The van der Waals surface area contributed by atoms with E-state index in [0.29, 0.717) is 6.54 Å². The van der Waals surface area contributed by atoms with Gasteiger partial charge in [0.15, 0.2) is 0 Å². The van der Waals surface area contributed by atoms with Gasteiger partial charge in [-0.1, -0.05) is 0 Å². The summed E-state index contributed by atoms with van der Waals surface area (Å²) in [4.78, 5) is 10.8. The van der Waals surface area contributed by atoms with Gasteiger partial charge in [0.1, 0.15) is 0 Å². The van der Waals surface area contributed by atoms with Crippen LogP contribution in [0.3, 0.4) is 0 Å². The molecule has 0 spiro atoms. The maximum atomic E-state index is 10.8. The topological polar surface area (TPSA) is 83.8 Å². The zero-order valence-corrected chi connectivity index (χ0v) is 8.72. The molecule has 0 aliphatic rings. The summed E-state index contributed by atoms with van der Waals surface area (Å²) < 4.78 is 0. The van der Waals surface area contributed by atoms with E-state index < -0.39 is 0 Å².